The smallest absolute Gasteiger partial charge is 0.278 e. The van der Waals surface area contributed by atoms with Crippen LogP contribution in [0.5, 0.6) is 0 Å². The standard InChI is InChI=1S/C23H33N5O3/c1-27(21(29)9-8-16-4-2-3-5-16)12-10-20-24-23(31-26-20)22-18-15-30-13-11-19(18)28(25-22)14-17-6-7-17/h16-17H,2-15H2,1H3. The molecule has 2 saturated carbocycles. The van der Waals surface area contributed by atoms with Crippen LogP contribution in [0.25, 0.3) is 11.6 Å². The van der Waals surface area contributed by atoms with Crippen molar-refractivity contribution in [3.8, 4) is 11.6 Å². The van der Waals surface area contributed by atoms with Crippen LogP contribution in [0.3, 0.4) is 0 Å². The maximum atomic E-state index is 12.4. The first-order chi connectivity index (χ1) is 15.2. The third kappa shape index (κ3) is 4.84. The van der Waals surface area contributed by atoms with Crippen LogP contribution in [0.1, 0.15) is 68.4 Å². The maximum absolute atomic E-state index is 12.4. The van der Waals surface area contributed by atoms with Gasteiger partial charge in [0.15, 0.2) is 11.5 Å². The fourth-order valence-corrected chi connectivity index (χ4v) is 4.84. The van der Waals surface area contributed by atoms with E-state index in [1.54, 1.807) is 4.90 Å². The first-order valence-electron chi connectivity index (χ1n) is 11.9. The monoisotopic (exact) mass is 427 g/mol. The molecule has 31 heavy (non-hydrogen) atoms. The van der Waals surface area contributed by atoms with Gasteiger partial charge in [-0.15, -0.1) is 0 Å². The summed E-state index contributed by atoms with van der Waals surface area (Å²) in [4.78, 5) is 18.8. The van der Waals surface area contributed by atoms with Crippen LogP contribution in [0.15, 0.2) is 4.52 Å². The number of ether oxygens (including phenoxy) is 1. The Kier molecular flexibility index (Phi) is 6.07. The van der Waals surface area contributed by atoms with Gasteiger partial charge < -0.3 is 14.2 Å². The molecule has 3 heterocycles. The molecule has 1 aliphatic heterocycles. The van der Waals surface area contributed by atoms with Gasteiger partial charge in [0.05, 0.1) is 13.2 Å². The Morgan fingerprint density at radius 1 is 1.19 bits per heavy atom. The summed E-state index contributed by atoms with van der Waals surface area (Å²) in [6.07, 6.45) is 10.9. The lowest BCUT2D eigenvalue weighted by Crippen LogP contribution is -2.29. The van der Waals surface area contributed by atoms with Gasteiger partial charge in [-0.2, -0.15) is 10.1 Å². The van der Waals surface area contributed by atoms with Crippen molar-refractivity contribution in [2.75, 3.05) is 20.2 Å². The number of likely N-dealkylation sites (N-methyl/N-ethyl adjacent to an activating group) is 1. The van der Waals surface area contributed by atoms with Crippen molar-refractivity contribution in [2.24, 2.45) is 11.8 Å². The lowest BCUT2D eigenvalue weighted by Gasteiger charge is -2.17. The summed E-state index contributed by atoms with van der Waals surface area (Å²) >= 11 is 0. The van der Waals surface area contributed by atoms with Crippen LogP contribution in [0.2, 0.25) is 0 Å². The zero-order chi connectivity index (χ0) is 21.2. The molecule has 0 atom stereocenters. The fourth-order valence-electron chi connectivity index (χ4n) is 4.84. The van der Waals surface area contributed by atoms with Gasteiger partial charge in [0, 0.05) is 50.7 Å². The molecular formula is C23H33N5O3. The summed E-state index contributed by atoms with van der Waals surface area (Å²) in [7, 11) is 1.87. The second kappa shape index (κ2) is 9.10. The molecule has 2 aromatic rings. The van der Waals surface area contributed by atoms with E-state index in [0.29, 0.717) is 37.7 Å². The van der Waals surface area contributed by atoms with Gasteiger partial charge in [-0.05, 0) is 31.1 Å². The molecule has 0 N–H and O–H groups in total. The normalized spacial score (nSPS) is 19.0. The van der Waals surface area contributed by atoms with E-state index < -0.39 is 0 Å². The Labute approximate surface area is 183 Å². The molecule has 0 radical (unpaired) electrons. The number of rotatable bonds is 9. The van der Waals surface area contributed by atoms with Crippen LogP contribution in [-0.4, -0.2) is 50.9 Å². The molecular weight excluding hydrogens is 394 g/mol. The van der Waals surface area contributed by atoms with Crippen LogP contribution in [-0.2, 0) is 35.5 Å². The number of hydrogen-bond donors (Lipinski definition) is 0. The van der Waals surface area contributed by atoms with Crippen LogP contribution in [0.4, 0.5) is 0 Å². The molecule has 2 aromatic heterocycles. The third-order valence-electron chi connectivity index (χ3n) is 7.03. The van der Waals surface area contributed by atoms with Crippen molar-refractivity contribution < 1.29 is 14.1 Å². The second-order valence-electron chi connectivity index (χ2n) is 9.47. The SMILES string of the molecule is CN(CCc1noc(-c2nn(CC3CC3)c3c2COCC3)n1)C(=O)CCC1CCCC1. The zero-order valence-corrected chi connectivity index (χ0v) is 18.5. The number of nitrogens with zero attached hydrogens (tertiary/aromatic N) is 5. The minimum atomic E-state index is 0.209. The van der Waals surface area contributed by atoms with E-state index in [2.05, 4.69) is 14.8 Å². The molecule has 2 aliphatic carbocycles. The highest BCUT2D eigenvalue weighted by molar-refractivity contribution is 5.75. The topological polar surface area (TPSA) is 86.3 Å². The van der Waals surface area contributed by atoms with Crippen LogP contribution in [0, 0.1) is 11.8 Å². The van der Waals surface area contributed by atoms with Crippen molar-refractivity contribution in [3.05, 3.63) is 17.1 Å². The van der Waals surface area contributed by atoms with Gasteiger partial charge >= 0.3 is 0 Å². The Morgan fingerprint density at radius 2 is 2.03 bits per heavy atom. The number of amides is 1. The number of hydrogen-bond acceptors (Lipinski definition) is 6. The molecule has 8 heteroatoms. The van der Waals surface area contributed by atoms with Crippen molar-refractivity contribution in [1.82, 2.24) is 24.8 Å². The molecule has 0 aromatic carbocycles. The Balaban J connectivity index is 1.19. The molecule has 168 valence electrons. The molecule has 0 unspecified atom stereocenters. The molecule has 1 amide bonds. The van der Waals surface area contributed by atoms with E-state index in [9.17, 15) is 4.79 Å². The van der Waals surface area contributed by atoms with Gasteiger partial charge in [-0.1, -0.05) is 30.8 Å². The predicted octanol–water partition coefficient (Wildman–Crippen LogP) is 3.39. The molecule has 3 aliphatic rings. The summed E-state index contributed by atoms with van der Waals surface area (Å²) < 4.78 is 13.4. The van der Waals surface area contributed by atoms with E-state index in [1.807, 2.05) is 7.05 Å². The molecule has 0 saturated heterocycles. The first kappa shape index (κ1) is 20.7. The average Bonchev–Trinajstić information content (AvgIpc) is 3.18. The Bertz CT molecular complexity index is 910. The quantitative estimate of drug-likeness (QED) is 0.610. The van der Waals surface area contributed by atoms with E-state index >= 15 is 0 Å². The van der Waals surface area contributed by atoms with Crippen LogP contribution >= 0.6 is 0 Å². The van der Waals surface area contributed by atoms with Gasteiger partial charge in [0.2, 0.25) is 5.91 Å². The minimum absolute atomic E-state index is 0.209. The van der Waals surface area contributed by atoms with Gasteiger partial charge in [-0.25, -0.2) is 0 Å². The largest absolute Gasteiger partial charge is 0.376 e. The predicted molar refractivity (Wildman–Crippen MR) is 114 cm³/mol. The number of carbonyl (C=O) groups is 1. The van der Waals surface area contributed by atoms with E-state index in [0.717, 1.165) is 49.1 Å². The molecule has 0 bridgehead atoms. The summed E-state index contributed by atoms with van der Waals surface area (Å²) in [5, 5.41) is 8.97. The zero-order valence-electron chi connectivity index (χ0n) is 18.5. The maximum Gasteiger partial charge on any atom is 0.278 e. The first-order valence-corrected chi connectivity index (χ1v) is 11.9. The summed E-state index contributed by atoms with van der Waals surface area (Å²) in [5.41, 5.74) is 3.09. The highest BCUT2D eigenvalue weighted by Gasteiger charge is 2.29. The fraction of sp³-hybridized carbons (Fsp3) is 0.739. The number of fused-ring (bicyclic) bond motifs is 1. The van der Waals surface area contributed by atoms with Crippen molar-refractivity contribution in [1.29, 1.82) is 0 Å². The van der Waals surface area contributed by atoms with E-state index in [1.165, 1.54) is 44.2 Å². The van der Waals surface area contributed by atoms with Crippen molar-refractivity contribution in [2.45, 2.75) is 77.4 Å². The lowest BCUT2D eigenvalue weighted by atomic mass is 10.0. The molecule has 2 fully saturated rings. The average molecular weight is 428 g/mol. The van der Waals surface area contributed by atoms with E-state index in [-0.39, 0.29) is 5.91 Å². The van der Waals surface area contributed by atoms with E-state index in [4.69, 9.17) is 14.4 Å². The Hall–Kier alpha value is -2.22. The lowest BCUT2D eigenvalue weighted by molar-refractivity contribution is -0.130. The molecule has 0 spiro atoms. The Morgan fingerprint density at radius 3 is 2.84 bits per heavy atom. The van der Waals surface area contributed by atoms with Gasteiger partial charge in [-0.3, -0.25) is 9.48 Å². The van der Waals surface area contributed by atoms with Gasteiger partial charge in [0.25, 0.3) is 5.89 Å². The van der Waals surface area contributed by atoms with Crippen LogP contribution < -0.4 is 0 Å². The summed E-state index contributed by atoms with van der Waals surface area (Å²) in [6, 6.07) is 0. The number of carbonyl (C=O) groups excluding carboxylic acids is 1. The van der Waals surface area contributed by atoms with Crippen molar-refractivity contribution in [3.63, 3.8) is 0 Å². The highest BCUT2D eigenvalue weighted by atomic mass is 16.5. The minimum Gasteiger partial charge on any atom is -0.376 e. The summed E-state index contributed by atoms with van der Waals surface area (Å²) in [6.45, 7) is 2.85. The van der Waals surface area contributed by atoms with Gasteiger partial charge in [0.1, 0.15) is 0 Å². The molecule has 5 rings (SSSR count). The third-order valence-corrected chi connectivity index (χ3v) is 7.03. The highest BCUT2D eigenvalue weighted by Crippen LogP contribution is 2.34. The van der Waals surface area contributed by atoms with Crippen molar-refractivity contribution >= 4 is 5.91 Å². The summed E-state index contributed by atoms with van der Waals surface area (Å²) in [5.74, 6) is 2.78. The second-order valence-corrected chi connectivity index (χ2v) is 9.47. The molecule has 8 nitrogen and oxygen atoms in total. The number of aromatic nitrogens is 4.